The number of esters is 1. The summed E-state index contributed by atoms with van der Waals surface area (Å²) in [6, 6.07) is 17.7. The van der Waals surface area contributed by atoms with Gasteiger partial charge in [-0.1, -0.05) is 46.3 Å². The van der Waals surface area contributed by atoms with Crippen LogP contribution in [0.2, 0.25) is 0 Å². The third-order valence-electron chi connectivity index (χ3n) is 4.90. The van der Waals surface area contributed by atoms with E-state index in [0.29, 0.717) is 34.8 Å². The van der Waals surface area contributed by atoms with E-state index in [1.54, 1.807) is 42.5 Å². The van der Waals surface area contributed by atoms with Crippen LogP contribution in [0.4, 0.5) is 0 Å². The number of nitrogens with one attached hydrogen (secondary N) is 1. The third kappa shape index (κ3) is 7.28. The molecule has 0 aliphatic carbocycles. The van der Waals surface area contributed by atoms with Gasteiger partial charge in [0.25, 0.3) is 5.91 Å². The molecule has 0 radical (unpaired) electrons. The molecule has 35 heavy (non-hydrogen) atoms. The highest BCUT2D eigenvalue weighted by molar-refractivity contribution is 9.10. The Morgan fingerprint density at radius 3 is 2.57 bits per heavy atom. The summed E-state index contributed by atoms with van der Waals surface area (Å²) in [6.45, 7) is 5.29. The number of amides is 1. The predicted molar refractivity (Wildman–Crippen MR) is 138 cm³/mol. The Bertz CT molecular complexity index is 1260. The summed E-state index contributed by atoms with van der Waals surface area (Å²) >= 11 is 3.39. The number of carbonyl (C=O) groups is 2. The highest BCUT2D eigenvalue weighted by Crippen LogP contribution is 2.28. The molecular weight excluding hydrogens is 512 g/mol. The molecule has 0 fully saturated rings. The average molecular weight is 537 g/mol. The first-order valence-corrected chi connectivity index (χ1v) is 11.5. The minimum Gasteiger partial charge on any atom is -0.493 e. The second-order valence-corrected chi connectivity index (χ2v) is 8.36. The standard InChI is InChI=1S/C27H25BrN2O5/c1-4-7-19-10-12-24(25(14-19)33-3)34-17-26(31)30-29-16-20-15-21(28)11-13-23(20)35-27(32)22-9-6-5-8-18(22)2/h4-6,8-16H,1,7,17H2,2-3H3,(H,30,31)/b29-16-. The fourth-order valence-electron chi connectivity index (χ4n) is 3.14. The van der Waals surface area contributed by atoms with Crippen LogP contribution < -0.4 is 19.6 Å². The zero-order valence-electron chi connectivity index (χ0n) is 19.4. The van der Waals surface area contributed by atoms with E-state index < -0.39 is 11.9 Å². The Kier molecular flexibility index (Phi) is 9.20. The van der Waals surface area contributed by atoms with Gasteiger partial charge in [0.2, 0.25) is 0 Å². The van der Waals surface area contributed by atoms with E-state index in [4.69, 9.17) is 14.2 Å². The number of hydrogen-bond acceptors (Lipinski definition) is 6. The molecule has 0 unspecified atom stereocenters. The molecule has 1 amide bonds. The summed E-state index contributed by atoms with van der Waals surface area (Å²) in [4.78, 5) is 24.8. The number of halogens is 1. The van der Waals surface area contributed by atoms with E-state index in [2.05, 4.69) is 33.0 Å². The SMILES string of the molecule is C=CCc1ccc(OCC(=O)N/N=C\c2cc(Br)ccc2OC(=O)c2ccccc2C)c(OC)c1. The summed E-state index contributed by atoms with van der Waals surface area (Å²) in [5.74, 6) is 0.323. The lowest BCUT2D eigenvalue weighted by Crippen LogP contribution is -2.24. The molecule has 8 heteroatoms. The smallest absolute Gasteiger partial charge is 0.343 e. The molecule has 0 aromatic heterocycles. The van der Waals surface area contributed by atoms with Crippen molar-refractivity contribution in [3.8, 4) is 17.2 Å². The number of rotatable bonds is 10. The third-order valence-corrected chi connectivity index (χ3v) is 5.39. The molecule has 0 aliphatic rings. The first kappa shape index (κ1) is 25.7. The van der Waals surface area contributed by atoms with E-state index in [0.717, 1.165) is 15.6 Å². The number of methoxy groups -OCH3 is 1. The van der Waals surface area contributed by atoms with Crippen molar-refractivity contribution >= 4 is 34.0 Å². The molecule has 0 aliphatic heterocycles. The largest absolute Gasteiger partial charge is 0.493 e. The second-order valence-electron chi connectivity index (χ2n) is 7.45. The van der Waals surface area contributed by atoms with Gasteiger partial charge in [0.15, 0.2) is 18.1 Å². The number of allylic oxidation sites excluding steroid dienone is 1. The number of nitrogens with zero attached hydrogens (tertiary/aromatic N) is 1. The maximum absolute atomic E-state index is 12.6. The van der Waals surface area contributed by atoms with Gasteiger partial charge in [-0.15, -0.1) is 6.58 Å². The molecule has 7 nitrogen and oxygen atoms in total. The van der Waals surface area contributed by atoms with Gasteiger partial charge >= 0.3 is 5.97 Å². The quantitative estimate of drug-likeness (QED) is 0.126. The van der Waals surface area contributed by atoms with Crippen molar-refractivity contribution in [3.05, 3.63) is 100 Å². The first-order valence-electron chi connectivity index (χ1n) is 10.7. The Labute approximate surface area is 212 Å². The van der Waals surface area contributed by atoms with E-state index in [-0.39, 0.29) is 6.61 Å². The van der Waals surface area contributed by atoms with Gasteiger partial charge in [-0.2, -0.15) is 5.10 Å². The van der Waals surface area contributed by atoms with Gasteiger partial charge in [-0.05, 0) is 60.9 Å². The van der Waals surface area contributed by atoms with Crippen LogP contribution in [0, 0.1) is 6.92 Å². The minimum absolute atomic E-state index is 0.262. The summed E-state index contributed by atoms with van der Waals surface area (Å²) in [5.41, 5.74) is 5.21. The fourth-order valence-corrected chi connectivity index (χ4v) is 3.52. The topological polar surface area (TPSA) is 86.2 Å². The van der Waals surface area contributed by atoms with Crippen LogP contribution in [0.3, 0.4) is 0 Å². The van der Waals surface area contributed by atoms with Gasteiger partial charge in [0.05, 0.1) is 18.9 Å². The van der Waals surface area contributed by atoms with Crippen LogP contribution in [0.25, 0.3) is 0 Å². The minimum atomic E-state index is -0.481. The molecule has 3 aromatic rings. The van der Waals surface area contributed by atoms with Crippen molar-refractivity contribution in [1.82, 2.24) is 5.43 Å². The number of carbonyl (C=O) groups excluding carboxylic acids is 2. The molecule has 180 valence electrons. The van der Waals surface area contributed by atoms with Crippen molar-refractivity contribution < 1.29 is 23.8 Å². The Balaban J connectivity index is 1.62. The van der Waals surface area contributed by atoms with E-state index in [9.17, 15) is 9.59 Å². The molecule has 3 aromatic carbocycles. The molecule has 0 atom stereocenters. The number of aryl methyl sites for hydroxylation is 1. The van der Waals surface area contributed by atoms with Crippen LogP contribution in [-0.4, -0.2) is 31.8 Å². The van der Waals surface area contributed by atoms with Crippen LogP contribution in [0.5, 0.6) is 17.2 Å². The first-order chi connectivity index (χ1) is 16.9. The van der Waals surface area contributed by atoms with E-state index >= 15 is 0 Å². The van der Waals surface area contributed by atoms with Gasteiger partial charge < -0.3 is 14.2 Å². The van der Waals surface area contributed by atoms with Crippen molar-refractivity contribution in [2.75, 3.05) is 13.7 Å². The Morgan fingerprint density at radius 2 is 1.83 bits per heavy atom. The second kappa shape index (κ2) is 12.5. The fraction of sp³-hybridized carbons (Fsp3) is 0.148. The molecule has 0 saturated heterocycles. The maximum atomic E-state index is 12.6. The van der Waals surface area contributed by atoms with Gasteiger partial charge in [-0.3, -0.25) is 4.79 Å². The summed E-state index contributed by atoms with van der Waals surface area (Å²) < 4.78 is 17.2. The van der Waals surface area contributed by atoms with Crippen molar-refractivity contribution in [2.45, 2.75) is 13.3 Å². The van der Waals surface area contributed by atoms with Crippen molar-refractivity contribution in [3.63, 3.8) is 0 Å². The molecule has 0 bridgehead atoms. The molecule has 3 rings (SSSR count). The van der Waals surface area contributed by atoms with Crippen LogP contribution in [0.15, 0.2) is 82.9 Å². The highest BCUT2D eigenvalue weighted by Gasteiger charge is 2.14. The number of ether oxygens (including phenoxy) is 3. The van der Waals surface area contributed by atoms with Gasteiger partial charge in [-0.25, -0.2) is 10.2 Å². The summed E-state index contributed by atoms with van der Waals surface area (Å²) in [5, 5.41) is 3.98. The number of hydrazone groups is 1. The van der Waals surface area contributed by atoms with Crippen LogP contribution in [0.1, 0.15) is 27.0 Å². The molecule has 1 N–H and O–H groups in total. The number of benzene rings is 3. The molecule has 0 spiro atoms. The summed E-state index contributed by atoms with van der Waals surface area (Å²) in [6.07, 6.45) is 3.89. The van der Waals surface area contributed by atoms with Gasteiger partial charge in [0.1, 0.15) is 5.75 Å². The van der Waals surface area contributed by atoms with Gasteiger partial charge in [0, 0.05) is 10.0 Å². The monoisotopic (exact) mass is 536 g/mol. The van der Waals surface area contributed by atoms with E-state index in [1.807, 2.05) is 31.2 Å². The zero-order chi connectivity index (χ0) is 25.2. The maximum Gasteiger partial charge on any atom is 0.343 e. The Morgan fingerprint density at radius 1 is 1.06 bits per heavy atom. The summed E-state index contributed by atoms with van der Waals surface area (Å²) in [7, 11) is 1.53. The zero-order valence-corrected chi connectivity index (χ0v) is 21.0. The average Bonchev–Trinajstić information content (AvgIpc) is 2.85. The van der Waals surface area contributed by atoms with E-state index in [1.165, 1.54) is 13.3 Å². The lowest BCUT2D eigenvalue weighted by Gasteiger charge is -2.11. The molecular formula is C27H25BrN2O5. The van der Waals surface area contributed by atoms with Crippen LogP contribution >= 0.6 is 15.9 Å². The Hall–Kier alpha value is -3.91. The lowest BCUT2D eigenvalue weighted by molar-refractivity contribution is -0.123. The predicted octanol–water partition coefficient (Wildman–Crippen LogP) is 5.24. The van der Waals surface area contributed by atoms with Crippen molar-refractivity contribution in [1.29, 1.82) is 0 Å². The van der Waals surface area contributed by atoms with Crippen LogP contribution in [-0.2, 0) is 11.2 Å². The molecule has 0 saturated carbocycles. The molecule has 0 heterocycles. The lowest BCUT2D eigenvalue weighted by atomic mass is 10.1. The number of hydrogen-bond donors (Lipinski definition) is 1. The highest BCUT2D eigenvalue weighted by atomic mass is 79.9. The van der Waals surface area contributed by atoms with Crippen molar-refractivity contribution in [2.24, 2.45) is 5.10 Å². The normalized spacial score (nSPS) is 10.6.